The summed E-state index contributed by atoms with van der Waals surface area (Å²) in [6.07, 6.45) is 0. The molecular weight excluding hydrogens is 438 g/mol. The number of phenols is 1. The van der Waals surface area contributed by atoms with E-state index in [1.54, 1.807) is 22.8 Å². The number of rotatable bonds is 4. The topological polar surface area (TPSA) is 76.4 Å². The smallest absolute Gasteiger partial charge is 0.267 e. The molecule has 0 aliphatic carbocycles. The molecule has 170 valence electrons. The van der Waals surface area contributed by atoms with Gasteiger partial charge < -0.3 is 15.2 Å². The van der Waals surface area contributed by atoms with E-state index in [1.807, 2.05) is 91.0 Å². The lowest BCUT2D eigenvalue weighted by Crippen LogP contribution is -2.30. The van der Waals surface area contributed by atoms with Crippen LogP contribution in [0.2, 0.25) is 0 Å². The van der Waals surface area contributed by atoms with Gasteiger partial charge in [0.25, 0.3) is 5.56 Å². The van der Waals surface area contributed by atoms with Gasteiger partial charge in [-0.25, -0.2) is 4.57 Å². The zero-order valence-corrected chi connectivity index (χ0v) is 18.6. The molecule has 1 aliphatic rings. The van der Waals surface area contributed by atoms with Crippen LogP contribution >= 0.6 is 0 Å². The van der Waals surface area contributed by atoms with Gasteiger partial charge in [0.2, 0.25) is 11.8 Å². The Balaban J connectivity index is 1.63. The summed E-state index contributed by atoms with van der Waals surface area (Å²) in [4.78, 5) is 19.0. The summed E-state index contributed by atoms with van der Waals surface area (Å²) in [6.45, 7) is 0. The average molecular weight is 460 g/mol. The highest BCUT2D eigenvalue weighted by Gasteiger charge is 2.34. The van der Waals surface area contributed by atoms with Crippen LogP contribution in [0.4, 0.5) is 11.6 Å². The number of nitrogens with zero attached hydrogens (tertiary/aromatic N) is 2. The normalized spacial score (nSPS) is 13.9. The first-order valence-corrected chi connectivity index (χ1v) is 11.3. The molecule has 0 radical (unpaired) electrons. The fourth-order valence-corrected chi connectivity index (χ4v) is 4.49. The van der Waals surface area contributed by atoms with Crippen molar-refractivity contribution in [3.05, 3.63) is 136 Å². The highest BCUT2D eigenvalue weighted by Crippen LogP contribution is 2.46. The van der Waals surface area contributed by atoms with Crippen molar-refractivity contribution in [1.29, 1.82) is 0 Å². The number of phenolic OH excluding ortho intramolecular Hbond substituents is 1. The molecule has 1 unspecified atom stereocenters. The summed E-state index contributed by atoms with van der Waals surface area (Å²) >= 11 is 0. The summed E-state index contributed by atoms with van der Waals surface area (Å²) in [5.74, 6) is 0.700. The monoisotopic (exact) mass is 459 g/mol. The number of fused-ring (bicyclic) bond motifs is 2. The van der Waals surface area contributed by atoms with Gasteiger partial charge in [-0.05, 0) is 35.9 Å². The Labute approximate surface area is 201 Å². The van der Waals surface area contributed by atoms with E-state index in [0.29, 0.717) is 22.9 Å². The molecule has 6 heteroatoms. The van der Waals surface area contributed by atoms with Crippen molar-refractivity contribution in [2.75, 3.05) is 5.32 Å². The van der Waals surface area contributed by atoms with Gasteiger partial charge in [-0.15, -0.1) is 0 Å². The maximum Gasteiger partial charge on any atom is 0.267 e. The Hall–Kier alpha value is -4.84. The summed E-state index contributed by atoms with van der Waals surface area (Å²) in [5.41, 5.74) is 3.42. The van der Waals surface area contributed by atoms with Crippen molar-refractivity contribution >= 4 is 11.6 Å². The standard InChI is InChI=1S/C29H21N3O3/c33-22-16-17-23-24(18-22)35-27-26(25(23)19-10-4-1-5-11-19)28(34)32(21-14-8-3-9-15-21)29(31-27)30-20-12-6-2-7-13-20/h1-18,25,33H,(H,30,31). The van der Waals surface area contributed by atoms with Gasteiger partial charge in [-0.1, -0.05) is 72.8 Å². The molecule has 0 spiro atoms. The quantitative estimate of drug-likeness (QED) is 0.340. The van der Waals surface area contributed by atoms with Gasteiger partial charge in [-0.3, -0.25) is 4.79 Å². The summed E-state index contributed by atoms with van der Waals surface area (Å²) in [6, 6.07) is 33.7. The number of nitrogens with one attached hydrogen (secondary N) is 1. The van der Waals surface area contributed by atoms with Gasteiger partial charge >= 0.3 is 0 Å². The molecule has 0 saturated heterocycles. The second-order valence-corrected chi connectivity index (χ2v) is 8.29. The van der Waals surface area contributed by atoms with Crippen molar-refractivity contribution in [2.24, 2.45) is 0 Å². The molecule has 0 saturated carbocycles. The summed E-state index contributed by atoms with van der Waals surface area (Å²) in [7, 11) is 0. The van der Waals surface area contributed by atoms with E-state index in [0.717, 1.165) is 16.8 Å². The lowest BCUT2D eigenvalue weighted by molar-refractivity contribution is 0.420. The van der Waals surface area contributed by atoms with Crippen LogP contribution in [0, 0.1) is 0 Å². The molecular formula is C29H21N3O3. The molecule has 4 aromatic carbocycles. The van der Waals surface area contributed by atoms with Crippen LogP contribution in [0.5, 0.6) is 17.4 Å². The van der Waals surface area contributed by atoms with E-state index in [-0.39, 0.29) is 17.2 Å². The van der Waals surface area contributed by atoms with Crippen LogP contribution in [-0.4, -0.2) is 14.7 Å². The zero-order chi connectivity index (χ0) is 23.8. The van der Waals surface area contributed by atoms with Crippen molar-refractivity contribution in [3.8, 4) is 23.1 Å². The minimum atomic E-state index is -0.406. The number of para-hydroxylation sites is 2. The lowest BCUT2D eigenvalue weighted by atomic mass is 9.84. The van der Waals surface area contributed by atoms with Crippen LogP contribution in [0.3, 0.4) is 0 Å². The molecule has 1 atom stereocenters. The Bertz CT molecular complexity index is 1570. The van der Waals surface area contributed by atoms with E-state index in [9.17, 15) is 9.90 Å². The SMILES string of the molecule is O=c1c2c(nc(Nc3ccccc3)n1-c1ccccc1)Oc1cc(O)ccc1C2c1ccccc1. The van der Waals surface area contributed by atoms with Gasteiger partial charge in [-0.2, -0.15) is 4.98 Å². The predicted molar refractivity (Wildman–Crippen MR) is 135 cm³/mol. The first-order chi connectivity index (χ1) is 17.2. The highest BCUT2D eigenvalue weighted by molar-refractivity contribution is 5.62. The van der Waals surface area contributed by atoms with Gasteiger partial charge in [0.15, 0.2) is 0 Å². The number of anilines is 2. The fourth-order valence-electron chi connectivity index (χ4n) is 4.49. The van der Waals surface area contributed by atoms with Crippen molar-refractivity contribution < 1.29 is 9.84 Å². The molecule has 6 nitrogen and oxygen atoms in total. The second kappa shape index (κ2) is 8.50. The van der Waals surface area contributed by atoms with Crippen LogP contribution in [0.25, 0.3) is 5.69 Å². The Kier molecular flexibility index (Phi) is 5.04. The second-order valence-electron chi connectivity index (χ2n) is 8.29. The van der Waals surface area contributed by atoms with Crippen molar-refractivity contribution in [2.45, 2.75) is 5.92 Å². The lowest BCUT2D eigenvalue weighted by Gasteiger charge is -2.29. The van der Waals surface area contributed by atoms with E-state index in [2.05, 4.69) is 5.32 Å². The first-order valence-electron chi connectivity index (χ1n) is 11.3. The van der Waals surface area contributed by atoms with Crippen LogP contribution in [-0.2, 0) is 0 Å². The maximum atomic E-state index is 14.2. The predicted octanol–water partition coefficient (Wildman–Crippen LogP) is 5.97. The number of aromatic hydroxyl groups is 1. The van der Waals surface area contributed by atoms with Gasteiger partial charge in [0.1, 0.15) is 11.5 Å². The van der Waals surface area contributed by atoms with Gasteiger partial charge in [0.05, 0.1) is 11.3 Å². The van der Waals surface area contributed by atoms with Crippen LogP contribution < -0.4 is 15.6 Å². The molecule has 0 amide bonds. The summed E-state index contributed by atoms with van der Waals surface area (Å²) < 4.78 is 7.72. The third-order valence-electron chi connectivity index (χ3n) is 6.06. The minimum absolute atomic E-state index is 0.0827. The van der Waals surface area contributed by atoms with E-state index < -0.39 is 5.92 Å². The zero-order valence-electron chi connectivity index (χ0n) is 18.6. The van der Waals surface area contributed by atoms with Gasteiger partial charge in [0, 0.05) is 23.2 Å². The Morgan fingerprint density at radius 2 is 1.49 bits per heavy atom. The maximum absolute atomic E-state index is 14.2. The molecule has 2 N–H and O–H groups in total. The van der Waals surface area contributed by atoms with E-state index >= 15 is 0 Å². The molecule has 35 heavy (non-hydrogen) atoms. The van der Waals surface area contributed by atoms with Crippen molar-refractivity contribution in [1.82, 2.24) is 9.55 Å². The third-order valence-corrected chi connectivity index (χ3v) is 6.06. The van der Waals surface area contributed by atoms with Crippen molar-refractivity contribution in [3.63, 3.8) is 0 Å². The molecule has 0 fully saturated rings. The number of aromatic nitrogens is 2. The summed E-state index contributed by atoms with van der Waals surface area (Å²) in [5, 5.41) is 13.4. The molecule has 1 aromatic heterocycles. The third kappa shape index (κ3) is 3.71. The molecule has 2 heterocycles. The number of benzene rings is 4. The molecule has 6 rings (SSSR count). The Morgan fingerprint density at radius 3 is 2.20 bits per heavy atom. The van der Waals surface area contributed by atoms with E-state index in [4.69, 9.17) is 9.72 Å². The minimum Gasteiger partial charge on any atom is -0.508 e. The number of hydrogen-bond donors (Lipinski definition) is 2. The van der Waals surface area contributed by atoms with Crippen LogP contribution in [0.15, 0.2) is 114 Å². The molecule has 1 aliphatic heterocycles. The largest absolute Gasteiger partial charge is 0.508 e. The molecule has 5 aromatic rings. The fraction of sp³-hybridized carbons (Fsp3) is 0.0345. The highest BCUT2D eigenvalue weighted by atomic mass is 16.5. The number of hydrogen-bond acceptors (Lipinski definition) is 5. The Morgan fingerprint density at radius 1 is 0.829 bits per heavy atom. The van der Waals surface area contributed by atoms with Crippen LogP contribution in [0.1, 0.15) is 22.6 Å². The number of ether oxygens (including phenoxy) is 1. The average Bonchev–Trinajstić information content (AvgIpc) is 2.89. The molecule has 0 bridgehead atoms. The first kappa shape index (κ1) is 20.7. The van der Waals surface area contributed by atoms with E-state index in [1.165, 1.54) is 0 Å².